The molecule has 0 aliphatic carbocycles. The third-order valence-corrected chi connectivity index (χ3v) is 1.59. The van der Waals surface area contributed by atoms with Gasteiger partial charge in [0.05, 0.1) is 16.7 Å². The van der Waals surface area contributed by atoms with Gasteiger partial charge in [0.2, 0.25) is 0 Å². The molecule has 0 unspecified atom stereocenters. The first-order chi connectivity index (χ1) is 7.04. The smallest absolute Gasteiger partial charge is 0.119 e. The summed E-state index contributed by atoms with van der Waals surface area (Å²) in [5, 5.41) is 0.749. The van der Waals surface area contributed by atoms with Crippen molar-refractivity contribution in [2.75, 3.05) is 7.04 Å². The van der Waals surface area contributed by atoms with Crippen LogP contribution in [-0.4, -0.2) is 17.0 Å². The summed E-state index contributed by atoms with van der Waals surface area (Å²) in [6.45, 7) is 0. The predicted molar refractivity (Wildman–Crippen MR) is 46.1 cm³/mol. The molecule has 0 amide bonds. The van der Waals surface area contributed by atoms with Crippen LogP contribution in [0.1, 0.15) is 4.11 Å². The van der Waals surface area contributed by atoms with Gasteiger partial charge in [0, 0.05) is 11.6 Å². The molecular formula is C9H8N2O. The van der Waals surface area contributed by atoms with E-state index >= 15 is 0 Å². The quantitative estimate of drug-likeness (QED) is 0.641. The summed E-state index contributed by atoms with van der Waals surface area (Å²) < 4.78 is 25.6. The molecule has 1 heterocycles. The van der Waals surface area contributed by atoms with Crippen molar-refractivity contribution in [1.29, 1.82) is 0 Å². The number of hydrogen-bond donors (Lipinski definition) is 0. The van der Waals surface area contributed by atoms with Gasteiger partial charge in [0.25, 0.3) is 0 Å². The first kappa shape index (κ1) is 4.40. The fourth-order valence-electron chi connectivity index (χ4n) is 1.03. The van der Waals surface area contributed by atoms with E-state index in [-0.39, 0.29) is 5.75 Å². The Bertz CT molecular complexity index is 484. The van der Waals surface area contributed by atoms with E-state index in [9.17, 15) is 0 Å². The Morgan fingerprint density at radius 3 is 3.42 bits per heavy atom. The lowest BCUT2D eigenvalue weighted by Crippen LogP contribution is -1.84. The van der Waals surface area contributed by atoms with Crippen LogP contribution in [0.25, 0.3) is 10.9 Å². The average Bonchev–Trinajstić information content (AvgIpc) is 2.15. The van der Waals surface area contributed by atoms with Gasteiger partial charge in [-0.05, 0) is 18.2 Å². The first-order valence-corrected chi connectivity index (χ1v) is 3.43. The largest absolute Gasteiger partial charge is 0.497 e. The number of ether oxygens (including phenoxy) is 1. The SMILES string of the molecule is [2H]C([2H])([2H])Oc1ccc2ncncc2c1. The highest BCUT2D eigenvalue weighted by molar-refractivity contribution is 5.78. The van der Waals surface area contributed by atoms with Gasteiger partial charge < -0.3 is 4.74 Å². The maximum Gasteiger partial charge on any atom is 0.119 e. The molecule has 0 bridgehead atoms. The summed E-state index contributed by atoms with van der Waals surface area (Å²) in [5.74, 6) is 0.289. The highest BCUT2D eigenvalue weighted by Crippen LogP contribution is 2.17. The molecule has 0 spiro atoms. The number of benzene rings is 1. The van der Waals surface area contributed by atoms with E-state index in [4.69, 9.17) is 8.85 Å². The van der Waals surface area contributed by atoms with Crippen molar-refractivity contribution in [1.82, 2.24) is 9.97 Å². The monoisotopic (exact) mass is 163 g/mol. The second-order valence-electron chi connectivity index (χ2n) is 2.35. The Balaban J connectivity index is 2.39. The van der Waals surface area contributed by atoms with Crippen molar-refractivity contribution in [2.45, 2.75) is 0 Å². The van der Waals surface area contributed by atoms with Crippen LogP contribution in [0.3, 0.4) is 0 Å². The molecule has 60 valence electrons. The molecule has 0 saturated carbocycles. The van der Waals surface area contributed by atoms with E-state index in [1.165, 1.54) is 6.33 Å². The van der Waals surface area contributed by atoms with Crippen LogP contribution in [0.2, 0.25) is 0 Å². The minimum atomic E-state index is -2.43. The van der Waals surface area contributed by atoms with Crippen molar-refractivity contribution in [2.24, 2.45) is 0 Å². The number of rotatable bonds is 1. The highest BCUT2D eigenvalue weighted by Gasteiger charge is 1.95. The number of nitrogens with zero attached hydrogens (tertiary/aromatic N) is 2. The van der Waals surface area contributed by atoms with Gasteiger partial charge >= 0.3 is 0 Å². The zero-order chi connectivity index (χ0) is 10.9. The van der Waals surface area contributed by atoms with Gasteiger partial charge in [-0.2, -0.15) is 0 Å². The first-order valence-electron chi connectivity index (χ1n) is 4.93. The third-order valence-electron chi connectivity index (χ3n) is 1.59. The molecule has 1 aromatic carbocycles. The van der Waals surface area contributed by atoms with Crippen LogP contribution in [0, 0.1) is 0 Å². The second-order valence-corrected chi connectivity index (χ2v) is 2.35. The molecule has 0 fully saturated rings. The molecule has 12 heavy (non-hydrogen) atoms. The fourth-order valence-corrected chi connectivity index (χ4v) is 1.03. The summed E-state index contributed by atoms with van der Waals surface area (Å²) in [6.07, 6.45) is 3.04. The molecule has 1 aromatic heterocycles. The minimum absolute atomic E-state index is 0.289. The van der Waals surface area contributed by atoms with E-state index in [0.717, 1.165) is 10.9 Å². The van der Waals surface area contributed by atoms with E-state index < -0.39 is 7.04 Å². The average molecular weight is 163 g/mol. The zero-order valence-electron chi connectivity index (χ0n) is 9.19. The molecule has 0 radical (unpaired) electrons. The van der Waals surface area contributed by atoms with Crippen molar-refractivity contribution in [3.8, 4) is 5.75 Å². The Labute approximate surface area is 74.2 Å². The van der Waals surface area contributed by atoms with Gasteiger partial charge in [0.15, 0.2) is 0 Å². The van der Waals surface area contributed by atoms with Gasteiger partial charge in [0.1, 0.15) is 12.1 Å². The molecule has 2 rings (SSSR count). The number of fused-ring (bicyclic) bond motifs is 1. The van der Waals surface area contributed by atoms with E-state index in [2.05, 4.69) is 9.97 Å². The van der Waals surface area contributed by atoms with Crippen LogP contribution in [0.15, 0.2) is 30.7 Å². The van der Waals surface area contributed by atoms with E-state index in [0.29, 0.717) is 0 Å². The molecule has 0 aliphatic heterocycles. The molecule has 3 heteroatoms. The molecule has 0 saturated heterocycles. The van der Waals surface area contributed by atoms with Crippen LogP contribution >= 0.6 is 0 Å². The Morgan fingerprint density at radius 2 is 2.50 bits per heavy atom. The standard InChI is InChI=1S/C9H8N2O/c1-12-8-2-3-9-7(4-8)5-10-6-11-9/h2-6H,1H3/i1D3. The zero-order valence-corrected chi connectivity index (χ0v) is 6.19. The summed E-state index contributed by atoms with van der Waals surface area (Å²) in [6, 6.07) is 4.86. The van der Waals surface area contributed by atoms with Crippen LogP contribution < -0.4 is 4.74 Å². The summed E-state index contributed by atoms with van der Waals surface area (Å²) >= 11 is 0. The van der Waals surface area contributed by atoms with E-state index in [1.807, 2.05) is 0 Å². The van der Waals surface area contributed by atoms with Gasteiger partial charge in [-0.25, -0.2) is 9.97 Å². The Morgan fingerprint density at radius 1 is 1.50 bits per heavy atom. The molecule has 0 atom stereocenters. The molecular weight excluding hydrogens is 152 g/mol. The topological polar surface area (TPSA) is 35.0 Å². The molecule has 2 aromatic rings. The van der Waals surface area contributed by atoms with Crippen LogP contribution in [0.4, 0.5) is 0 Å². The highest BCUT2D eigenvalue weighted by atomic mass is 16.5. The lowest BCUT2D eigenvalue weighted by atomic mass is 10.2. The van der Waals surface area contributed by atoms with Crippen LogP contribution in [0.5, 0.6) is 5.75 Å². The maximum absolute atomic E-state index is 6.96. The third kappa shape index (κ3) is 1.09. The van der Waals surface area contributed by atoms with Gasteiger partial charge in [-0.3, -0.25) is 0 Å². The van der Waals surface area contributed by atoms with E-state index in [1.54, 1.807) is 24.4 Å². The van der Waals surface area contributed by atoms with Gasteiger partial charge in [-0.15, -0.1) is 0 Å². The molecule has 0 N–H and O–H groups in total. The Hall–Kier alpha value is -1.64. The normalized spacial score (nSPS) is 14.8. The number of aromatic nitrogens is 2. The predicted octanol–water partition coefficient (Wildman–Crippen LogP) is 1.64. The van der Waals surface area contributed by atoms with Crippen molar-refractivity contribution < 1.29 is 8.85 Å². The fraction of sp³-hybridized carbons (Fsp3) is 0.111. The number of methoxy groups -OCH3 is 1. The lowest BCUT2D eigenvalue weighted by Gasteiger charge is -1.99. The summed E-state index contributed by atoms with van der Waals surface area (Å²) in [7, 11) is -2.43. The summed E-state index contributed by atoms with van der Waals surface area (Å²) in [5.41, 5.74) is 0.753. The minimum Gasteiger partial charge on any atom is -0.497 e. The Kier molecular flexibility index (Phi) is 1.02. The molecule has 3 nitrogen and oxygen atoms in total. The number of hydrogen-bond acceptors (Lipinski definition) is 3. The molecule has 0 aliphatic rings. The second kappa shape index (κ2) is 2.77. The summed E-state index contributed by atoms with van der Waals surface area (Å²) in [4.78, 5) is 7.85. The van der Waals surface area contributed by atoms with Crippen molar-refractivity contribution >= 4 is 10.9 Å². The van der Waals surface area contributed by atoms with Crippen molar-refractivity contribution in [3.63, 3.8) is 0 Å². The maximum atomic E-state index is 6.96. The van der Waals surface area contributed by atoms with Crippen LogP contribution in [-0.2, 0) is 0 Å². The van der Waals surface area contributed by atoms with Crippen molar-refractivity contribution in [3.05, 3.63) is 30.7 Å². The lowest BCUT2D eigenvalue weighted by molar-refractivity contribution is 0.415. The van der Waals surface area contributed by atoms with Gasteiger partial charge in [-0.1, -0.05) is 0 Å².